The summed E-state index contributed by atoms with van der Waals surface area (Å²) in [5, 5.41) is 8.71. The number of nitrogens with zero attached hydrogens (tertiary/aromatic N) is 2. The average molecular weight is 239 g/mol. The van der Waals surface area contributed by atoms with Crippen LogP contribution < -0.4 is 5.32 Å². The molecule has 1 aliphatic carbocycles. The minimum Gasteiger partial charge on any atom is -0.310 e. The smallest absolute Gasteiger partial charge is 0.0534 e. The van der Waals surface area contributed by atoms with Gasteiger partial charge in [-0.1, -0.05) is 0 Å². The van der Waals surface area contributed by atoms with E-state index in [2.05, 4.69) is 22.9 Å². The van der Waals surface area contributed by atoms with Crippen LogP contribution in [-0.2, 0) is 13.6 Å². The van der Waals surface area contributed by atoms with Crippen LogP contribution in [0.15, 0.2) is 12.4 Å². The van der Waals surface area contributed by atoms with Crippen LogP contribution in [0, 0.1) is 0 Å². The van der Waals surface area contributed by atoms with Gasteiger partial charge in [-0.2, -0.15) is 16.9 Å². The molecule has 1 aromatic heterocycles. The highest BCUT2D eigenvalue weighted by atomic mass is 32.2. The number of hydrogen-bond acceptors (Lipinski definition) is 3. The van der Waals surface area contributed by atoms with Crippen LogP contribution in [-0.4, -0.2) is 27.3 Å². The van der Waals surface area contributed by atoms with E-state index in [9.17, 15) is 0 Å². The van der Waals surface area contributed by atoms with Crippen molar-refractivity contribution in [3.8, 4) is 0 Å². The summed E-state index contributed by atoms with van der Waals surface area (Å²) in [5.74, 6) is 0. The summed E-state index contributed by atoms with van der Waals surface area (Å²) in [6.07, 6.45) is 11.6. The lowest BCUT2D eigenvalue weighted by Crippen LogP contribution is -2.33. The second-order valence-electron chi connectivity index (χ2n) is 4.61. The maximum Gasteiger partial charge on any atom is 0.0534 e. The second-order valence-corrected chi connectivity index (χ2v) is 5.75. The molecule has 1 saturated carbocycles. The van der Waals surface area contributed by atoms with Crippen molar-refractivity contribution < 1.29 is 0 Å². The third-order valence-corrected chi connectivity index (χ3v) is 4.50. The van der Waals surface area contributed by atoms with Gasteiger partial charge in [-0.3, -0.25) is 4.68 Å². The molecule has 1 aliphatic rings. The van der Waals surface area contributed by atoms with Gasteiger partial charge < -0.3 is 5.32 Å². The van der Waals surface area contributed by atoms with E-state index in [4.69, 9.17) is 0 Å². The first-order chi connectivity index (χ1) is 7.78. The van der Waals surface area contributed by atoms with Crippen molar-refractivity contribution in [2.24, 2.45) is 7.05 Å². The Bertz CT molecular complexity index is 316. The van der Waals surface area contributed by atoms with E-state index < -0.39 is 0 Å². The first-order valence-electron chi connectivity index (χ1n) is 6.01. The summed E-state index contributed by atoms with van der Waals surface area (Å²) in [7, 11) is 1.97. The summed E-state index contributed by atoms with van der Waals surface area (Å²) in [6.45, 7) is 0.961. The molecule has 0 saturated heterocycles. The van der Waals surface area contributed by atoms with Gasteiger partial charge >= 0.3 is 0 Å². The summed E-state index contributed by atoms with van der Waals surface area (Å²) in [5.41, 5.74) is 1.29. The fourth-order valence-corrected chi connectivity index (χ4v) is 3.07. The molecule has 16 heavy (non-hydrogen) atoms. The van der Waals surface area contributed by atoms with Crippen LogP contribution in [0.5, 0.6) is 0 Å². The standard InChI is InChI=1S/C12H21N3S/c1-15-9-10(8-14-15)7-13-11-3-5-12(16-2)6-4-11/h8-9,11-13H,3-7H2,1-2H3. The van der Waals surface area contributed by atoms with E-state index in [0.29, 0.717) is 6.04 Å². The molecule has 1 heterocycles. The molecule has 0 bridgehead atoms. The van der Waals surface area contributed by atoms with Crippen LogP contribution in [0.1, 0.15) is 31.2 Å². The molecule has 0 radical (unpaired) electrons. The number of rotatable bonds is 4. The Morgan fingerprint density at radius 1 is 1.44 bits per heavy atom. The molecule has 0 unspecified atom stereocenters. The summed E-state index contributed by atoms with van der Waals surface area (Å²) < 4.78 is 1.86. The highest BCUT2D eigenvalue weighted by Gasteiger charge is 2.19. The van der Waals surface area contributed by atoms with E-state index in [0.717, 1.165) is 11.8 Å². The molecule has 0 spiro atoms. The van der Waals surface area contributed by atoms with Crippen molar-refractivity contribution in [3.63, 3.8) is 0 Å². The molecular weight excluding hydrogens is 218 g/mol. The first kappa shape index (κ1) is 12.0. The lowest BCUT2D eigenvalue weighted by atomic mass is 9.95. The fourth-order valence-electron chi connectivity index (χ4n) is 2.33. The Hall–Kier alpha value is -0.480. The Labute approximate surface area is 102 Å². The predicted octanol–water partition coefficient (Wildman–Crippen LogP) is 2.18. The number of thioether (sulfide) groups is 1. The number of hydrogen-bond donors (Lipinski definition) is 1. The molecule has 0 aliphatic heterocycles. The van der Waals surface area contributed by atoms with Crippen LogP contribution in [0.25, 0.3) is 0 Å². The molecule has 0 aromatic carbocycles. The fraction of sp³-hybridized carbons (Fsp3) is 0.750. The molecule has 1 aromatic rings. The van der Waals surface area contributed by atoms with E-state index in [-0.39, 0.29) is 0 Å². The molecule has 90 valence electrons. The molecule has 4 heteroatoms. The van der Waals surface area contributed by atoms with Crippen molar-refractivity contribution in [2.45, 2.75) is 43.5 Å². The number of nitrogens with one attached hydrogen (secondary N) is 1. The summed E-state index contributed by atoms with van der Waals surface area (Å²) in [4.78, 5) is 0. The van der Waals surface area contributed by atoms with Gasteiger partial charge in [0.25, 0.3) is 0 Å². The third kappa shape index (κ3) is 3.25. The summed E-state index contributed by atoms with van der Waals surface area (Å²) >= 11 is 2.02. The van der Waals surface area contributed by atoms with Gasteiger partial charge in [-0.25, -0.2) is 0 Å². The zero-order valence-corrected chi connectivity index (χ0v) is 11.0. The van der Waals surface area contributed by atoms with Gasteiger partial charge in [0, 0.05) is 36.6 Å². The average Bonchev–Trinajstić information content (AvgIpc) is 2.73. The number of aryl methyl sites for hydroxylation is 1. The molecule has 0 amide bonds. The van der Waals surface area contributed by atoms with Crippen molar-refractivity contribution in [1.29, 1.82) is 0 Å². The highest BCUT2D eigenvalue weighted by molar-refractivity contribution is 7.99. The number of aromatic nitrogens is 2. The lowest BCUT2D eigenvalue weighted by Gasteiger charge is -2.28. The van der Waals surface area contributed by atoms with Crippen LogP contribution in [0.2, 0.25) is 0 Å². The molecule has 1 N–H and O–H groups in total. The lowest BCUT2D eigenvalue weighted by molar-refractivity contribution is 0.379. The van der Waals surface area contributed by atoms with Gasteiger partial charge in [0.15, 0.2) is 0 Å². The molecular formula is C12H21N3S. The third-order valence-electron chi connectivity index (χ3n) is 3.36. The van der Waals surface area contributed by atoms with E-state index in [1.54, 1.807) is 0 Å². The van der Waals surface area contributed by atoms with E-state index >= 15 is 0 Å². The maximum atomic E-state index is 4.18. The quantitative estimate of drug-likeness (QED) is 0.873. The highest BCUT2D eigenvalue weighted by Crippen LogP contribution is 2.26. The van der Waals surface area contributed by atoms with Gasteiger partial charge in [-0.15, -0.1) is 0 Å². The SMILES string of the molecule is CSC1CCC(NCc2cnn(C)c2)CC1. The van der Waals surface area contributed by atoms with Gasteiger partial charge in [-0.05, 0) is 31.9 Å². The zero-order valence-electron chi connectivity index (χ0n) is 10.1. The van der Waals surface area contributed by atoms with Gasteiger partial charge in [0.1, 0.15) is 0 Å². The molecule has 3 nitrogen and oxygen atoms in total. The predicted molar refractivity (Wildman–Crippen MR) is 69.6 cm³/mol. The monoisotopic (exact) mass is 239 g/mol. The molecule has 1 fully saturated rings. The topological polar surface area (TPSA) is 29.9 Å². The van der Waals surface area contributed by atoms with Gasteiger partial charge in [0.2, 0.25) is 0 Å². The maximum absolute atomic E-state index is 4.18. The van der Waals surface area contributed by atoms with Crippen molar-refractivity contribution in [3.05, 3.63) is 18.0 Å². The largest absolute Gasteiger partial charge is 0.310 e. The minimum absolute atomic E-state index is 0.712. The van der Waals surface area contributed by atoms with Crippen LogP contribution >= 0.6 is 11.8 Å². The van der Waals surface area contributed by atoms with E-state index in [1.165, 1.54) is 31.2 Å². The Morgan fingerprint density at radius 3 is 2.75 bits per heavy atom. The van der Waals surface area contributed by atoms with Crippen LogP contribution in [0.3, 0.4) is 0 Å². The Balaban J connectivity index is 1.71. The zero-order chi connectivity index (χ0) is 11.4. The van der Waals surface area contributed by atoms with Crippen molar-refractivity contribution in [1.82, 2.24) is 15.1 Å². The second kappa shape index (κ2) is 5.73. The normalized spacial score (nSPS) is 25.9. The van der Waals surface area contributed by atoms with Crippen molar-refractivity contribution in [2.75, 3.05) is 6.26 Å². The van der Waals surface area contributed by atoms with Gasteiger partial charge in [0.05, 0.1) is 6.20 Å². The Kier molecular flexibility index (Phi) is 4.29. The minimum atomic E-state index is 0.712. The van der Waals surface area contributed by atoms with E-state index in [1.807, 2.05) is 29.7 Å². The first-order valence-corrected chi connectivity index (χ1v) is 7.30. The van der Waals surface area contributed by atoms with Crippen molar-refractivity contribution >= 4 is 11.8 Å². The molecule has 2 rings (SSSR count). The Morgan fingerprint density at radius 2 is 2.19 bits per heavy atom. The van der Waals surface area contributed by atoms with Crippen LogP contribution in [0.4, 0.5) is 0 Å². The summed E-state index contributed by atoms with van der Waals surface area (Å²) in [6, 6.07) is 0.712. The molecule has 0 atom stereocenters.